The number of benzene rings is 1. The van der Waals surface area contributed by atoms with E-state index >= 15 is 0 Å². The molecule has 1 aromatic carbocycles. The number of amides is 3. The number of nitrogens with one attached hydrogen (secondary N) is 1. The number of piperidine rings is 1. The van der Waals surface area contributed by atoms with E-state index in [4.69, 9.17) is 9.97 Å². The highest BCUT2D eigenvalue weighted by Crippen LogP contribution is 2.34. The summed E-state index contributed by atoms with van der Waals surface area (Å²) < 4.78 is 0. The highest BCUT2D eigenvalue weighted by molar-refractivity contribution is 6.00. The first-order chi connectivity index (χ1) is 15.4. The van der Waals surface area contributed by atoms with Crippen molar-refractivity contribution in [3.63, 3.8) is 0 Å². The number of rotatable bonds is 6. The second-order valence-corrected chi connectivity index (χ2v) is 8.44. The summed E-state index contributed by atoms with van der Waals surface area (Å²) in [6, 6.07) is 9.83. The monoisotopic (exact) mass is 435 g/mol. The standard InChI is InChI=1S/C24H29N5O3/c1-16-19-14-21(31)29(13-11-18-8-4-3-5-9-18)24(19)27-23(26-16)20-10-6-7-12-28(20)22(32)15-25-17(2)30/h3-5,8-9,20H,6-7,10-15H2,1-2H3,(H,25,30)/t20-/m1/s1. The number of fused-ring (bicyclic) bond motifs is 1. The molecule has 2 aliphatic rings. The van der Waals surface area contributed by atoms with Gasteiger partial charge < -0.3 is 10.2 Å². The summed E-state index contributed by atoms with van der Waals surface area (Å²) >= 11 is 0. The first-order valence-corrected chi connectivity index (χ1v) is 11.2. The van der Waals surface area contributed by atoms with Crippen molar-refractivity contribution in [1.29, 1.82) is 0 Å². The third-order valence-electron chi connectivity index (χ3n) is 6.17. The number of carbonyl (C=O) groups is 3. The number of carbonyl (C=O) groups excluding carboxylic acids is 3. The molecule has 0 radical (unpaired) electrons. The Labute approximate surface area is 188 Å². The maximum atomic E-state index is 12.8. The van der Waals surface area contributed by atoms with Crippen LogP contribution in [0.15, 0.2) is 30.3 Å². The SMILES string of the molecule is CC(=O)NCC(=O)N1CCCC[C@@H]1c1nc(C)c2c(n1)N(CCc1ccccc1)C(=O)C2. The van der Waals surface area contributed by atoms with Crippen LogP contribution in [-0.2, 0) is 27.2 Å². The minimum Gasteiger partial charge on any atom is -0.347 e. The molecular weight excluding hydrogens is 406 g/mol. The molecule has 168 valence electrons. The summed E-state index contributed by atoms with van der Waals surface area (Å²) in [6.45, 7) is 4.44. The van der Waals surface area contributed by atoms with Crippen LogP contribution in [0.2, 0.25) is 0 Å². The molecule has 2 aromatic rings. The zero-order valence-electron chi connectivity index (χ0n) is 18.6. The Kier molecular flexibility index (Phi) is 6.48. The number of anilines is 1. The van der Waals surface area contributed by atoms with E-state index in [0.717, 1.165) is 36.9 Å². The number of aryl methyl sites for hydroxylation is 1. The first kappa shape index (κ1) is 21.9. The smallest absolute Gasteiger partial charge is 0.242 e. The van der Waals surface area contributed by atoms with Gasteiger partial charge >= 0.3 is 0 Å². The largest absolute Gasteiger partial charge is 0.347 e. The average molecular weight is 436 g/mol. The zero-order chi connectivity index (χ0) is 22.7. The van der Waals surface area contributed by atoms with Crippen LogP contribution >= 0.6 is 0 Å². The lowest BCUT2D eigenvalue weighted by molar-refractivity contribution is -0.136. The second-order valence-electron chi connectivity index (χ2n) is 8.44. The topological polar surface area (TPSA) is 95.5 Å². The zero-order valence-corrected chi connectivity index (χ0v) is 18.6. The Balaban J connectivity index is 1.58. The van der Waals surface area contributed by atoms with Gasteiger partial charge in [0, 0.05) is 31.3 Å². The van der Waals surface area contributed by atoms with Crippen LogP contribution in [0.25, 0.3) is 0 Å². The van der Waals surface area contributed by atoms with Crippen LogP contribution in [0.4, 0.5) is 5.82 Å². The molecule has 32 heavy (non-hydrogen) atoms. The lowest BCUT2D eigenvalue weighted by Crippen LogP contribution is -2.44. The normalized spacial score (nSPS) is 17.9. The molecule has 0 saturated carbocycles. The van der Waals surface area contributed by atoms with Gasteiger partial charge in [-0.1, -0.05) is 30.3 Å². The second kappa shape index (κ2) is 9.46. The van der Waals surface area contributed by atoms with Crippen LogP contribution in [0.3, 0.4) is 0 Å². The third-order valence-corrected chi connectivity index (χ3v) is 6.17. The van der Waals surface area contributed by atoms with Gasteiger partial charge in [-0.25, -0.2) is 9.97 Å². The summed E-state index contributed by atoms with van der Waals surface area (Å²) in [5.74, 6) is 0.922. The van der Waals surface area contributed by atoms with Crippen molar-refractivity contribution < 1.29 is 14.4 Å². The van der Waals surface area contributed by atoms with Gasteiger partial charge in [0.15, 0.2) is 5.82 Å². The molecule has 3 heterocycles. The van der Waals surface area contributed by atoms with Crippen molar-refractivity contribution in [1.82, 2.24) is 20.2 Å². The third kappa shape index (κ3) is 4.64. The molecule has 0 bridgehead atoms. The van der Waals surface area contributed by atoms with Crippen molar-refractivity contribution in [3.05, 3.63) is 53.0 Å². The van der Waals surface area contributed by atoms with Gasteiger partial charge in [0.05, 0.1) is 19.0 Å². The van der Waals surface area contributed by atoms with Crippen molar-refractivity contribution in [2.24, 2.45) is 0 Å². The van der Waals surface area contributed by atoms with Crippen LogP contribution in [0.1, 0.15) is 54.9 Å². The van der Waals surface area contributed by atoms with Gasteiger partial charge in [-0.2, -0.15) is 0 Å². The molecule has 3 amide bonds. The van der Waals surface area contributed by atoms with E-state index in [-0.39, 0.29) is 30.3 Å². The minimum absolute atomic E-state index is 0.0303. The van der Waals surface area contributed by atoms with Gasteiger partial charge in [0.1, 0.15) is 5.82 Å². The molecule has 1 saturated heterocycles. The first-order valence-electron chi connectivity index (χ1n) is 11.2. The lowest BCUT2D eigenvalue weighted by Gasteiger charge is -2.35. The predicted octanol–water partition coefficient (Wildman–Crippen LogP) is 2.11. The number of hydrogen-bond acceptors (Lipinski definition) is 5. The van der Waals surface area contributed by atoms with E-state index in [1.165, 1.54) is 12.5 Å². The van der Waals surface area contributed by atoms with Gasteiger partial charge in [-0.05, 0) is 38.2 Å². The number of likely N-dealkylation sites (tertiary alicyclic amines) is 1. The van der Waals surface area contributed by atoms with E-state index in [1.54, 1.807) is 9.80 Å². The van der Waals surface area contributed by atoms with Crippen LogP contribution in [0.5, 0.6) is 0 Å². The molecule has 1 aromatic heterocycles. The number of aromatic nitrogens is 2. The van der Waals surface area contributed by atoms with Gasteiger partial charge in [-0.3, -0.25) is 19.3 Å². The Morgan fingerprint density at radius 2 is 1.94 bits per heavy atom. The van der Waals surface area contributed by atoms with Gasteiger partial charge in [0.2, 0.25) is 17.7 Å². The summed E-state index contributed by atoms with van der Waals surface area (Å²) in [7, 11) is 0. The minimum atomic E-state index is -0.249. The quantitative estimate of drug-likeness (QED) is 0.750. The maximum Gasteiger partial charge on any atom is 0.242 e. The van der Waals surface area contributed by atoms with Crippen LogP contribution < -0.4 is 10.2 Å². The summed E-state index contributed by atoms with van der Waals surface area (Å²) in [6.07, 6.45) is 3.71. The van der Waals surface area contributed by atoms with Crippen molar-refractivity contribution in [3.8, 4) is 0 Å². The number of hydrogen-bond donors (Lipinski definition) is 1. The fourth-order valence-corrected chi connectivity index (χ4v) is 4.46. The molecule has 2 aliphatic heterocycles. The molecule has 0 unspecified atom stereocenters. The molecule has 1 N–H and O–H groups in total. The molecule has 0 spiro atoms. The lowest BCUT2D eigenvalue weighted by atomic mass is 10.0. The van der Waals surface area contributed by atoms with Crippen LogP contribution in [0, 0.1) is 6.92 Å². The molecule has 8 heteroatoms. The number of nitrogens with zero attached hydrogens (tertiary/aromatic N) is 4. The molecule has 1 fully saturated rings. The maximum absolute atomic E-state index is 12.8. The fraction of sp³-hybridized carbons (Fsp3) is 0.458. The molecule has 1 atom stereocenters. The Morgan fingerprint density at radius 1 is 1.16 bits per heavy atom. The van der Waals surface area contributed by atoms with Gasteiger partial charge in [0.25, 0.3) is 0 Å². The Morgan fingerprint density at radius 3 is 2.69 bits per heavy atom. The van der Waals surface area contributed by atoms with Crippen LogP contribution in [-0.4, -0.2) is 52.2 Å². The highest BCUT2D eigenvalue weighted by atomic mass is 16.2. The van der Waals surface area contributed by atoms with Crippen molar-refractivity contribution in [2.75, 3.05) is 24.5 Å². The molecular formula is C24H29N5O3. The van der Waals surface area contributed by atoms with E-state index in [0.29, 0.717) is 31.2 Å². The summed E-state index contributed by atoms with van der Waals surface area (Å²) in [5, 5.41) is 2.59. The van der Waals surface area contributed by atoms with Gasteiger partial charge in [-0.15, -0.1) is 0 Å². The molecule has 0 aliphatic carbocycles. The average Bonchev–Trinajstić information content (AvgIpc) is 3.12. The summed E-state index contributed by atoms with van der Waals surface area (Å²) in [4.78, 5) is 49.8. The van der Waals surface area contributed by atoms with E-state index in [2.05, 4.69) is 17.4 Å². The molecule has 4 rings (SSSR count). The summed E-state index contributed by atoms with van der Waals surface area (Å²) in [5.41, 5.74) is 2.83. The van der Waals surface area contributed by atoms with E-state index in [9.17, 15) is 14.4 Å². The van der Waals surface area contributed by atoms with Crippen molar-refractivity contribution >= 4 is 23.5 Å². The predicted molar refractivity (Wildman–Crippen MR) is 120 cm³/mol. The van der Waals surface area contributed by atoms with E-state index < -0.39 is 0 Å². The Bertz CT molecular complexity index is 1020. The molecule has 8 nitrogen and oxygen atoms in total. The van der Waals surface area contributed by atoms with E-state index in [1.807, 2.05) is 25.1 Å². The Hall–Kier alpha value is -3.29. The fourth-order valence-electron chi connectivity index (χ4n) is 4.46. The van der Waals surface area contributed by atoms with Crippen molar-refractivity contribution in [2.45, 2.75) is 52.0 Å². The highest BCUT2D eigenvalue weighted by Gasteiger charge is 2.35.